The molecule has 1 aromatic heterocycles. The van der Waals surface area contributed by atoms with Crippen molar-refractivity contribution in [2.24, 2.45) is 0 Å². The predicted molar refractivity (Wildman–Crippen MR) is 84.5 cm³/mol. The average molecular weight is 349 g/mol. The van der Waals surface area contributed by atoms with Gasteiger partial charge in [-0.1, -0.05) is 28.1 Å². The monoisotopic (exact) mass is 348 g/mol. The molecule has 1 aliphatic rings. The van der Waals surface area contributed by atoms with Crippen molar-refractivity contribution in [1.29, 1.82) is 0 Å². The predicted octanol–water partition coefficient (Wildman–Crippen LogP) is 4.24. The molecule has 0 unspecified atom stereocenters. The Kier molecular flexibility index (Phi) is 3.99. The van der Waals surface area contributed by atoms with Crippen LogP contribution in [0.4, 0.5) is 11.4 Å². The zero-order valence-electron chi connectivity index (χ0n) is 10.8. The molecule has 2 aromatic rings. The van der Waals surface area contributed by atoms with Gasteiger partial charge in [-0.05, 0) is 18.9 Å². The molecule has 0 spiro atoms. The largest absolute Gasteiger partial charge is 0.379 e. The van der Waals surface area contributed by atoms with Crippen LogP contribution in [0.15, 0.2) is 28.2 Å². The summed E-state index contributed by atoms with van der Waals surface area (Å²) >= 11 is 5.21. The van der Waals surface area contributed by atoms with Gasteiger partial charge in [-0.3, -0.25) is 0 Å². The van der Waals surface area contributed by atoms with Gasteiger partial charge in [0.05, 0.1) is 12.3 Å². The molecule has 1 aromatic carbocycles. The van der Waals surface area contributed by atoms with Crippen LogP contribution < -0.4 is 4.90 Å². The Morgan fingerprint density at radius 2 is 2.15 bits per heavy atom. The summed E-state index contributed by atoms with van der Waals surface area (Å²) in [5.41, 5.74) is 3.54. The summed E-state index contributed by atoms with van der Waals surface area (Å²) < 4.78 is 1.00. The Hall–Kier alpha value is -1.45. The van der Waals surface area contributed by atoms with Crippen molar-refractivity contribution < 1.29 is 0 Å². The van der Waals surface area contributed by atoms with E-state index < -0.39 is 0 Å². The molecule has 1 fully saturated rings. The quantitative estimate of drug-likeness (QED) is 0.761. The van der Waals surface area contributed by atoms with Gasteiger partial charge in [0.15, 0.2) is 0 Å². The molecular formula is C14H13BrN4S. The molecule has 1 aliphatic heterocycles. The summed E-state index contributed by atoms with van der Waals surface area (Å²) in [5, 5.41) is 9.25. The molecule has 3 rings (SSSR count). The Bertz CT molecular complexity index is 627. The third-order valence-corrected chi connectivity index (χ3v) is 5.12. The molecule has 20 heavy (non-hydrogen) atoms. The number of hydrogen-bond acceptors (Lipinski definition) is 4. The van der Waals surface area contributed by atoms with Crippen molar-refractivity contribution in [3.63, 3.8) is 0 Å². The number of aromatic nitrogens is 2. The molecule has 0 aliphatic carbocycles. The van der Waals surface area contributed by atoms with Gasteiger partial charge in [0.2, 0.25) is 5.69 Å². The first-order valence-electron chi connectivity index (χ1n) is 6.46. The number of hydrogen-bond donors (Lipinski definition) is 0. The van der Waals surface area contributed by atoms with Crippen LogP contribution in [0.25, 0.3) is 4.85 Å². The van der Waals surface area contributed by atoms with Crippen molar-refractivity contribution in [1.82, 2.24) is 10.2 Å². The summed E-state index contributed by atoms with van der Waals surface area (Å²) in [7, 11) is 0. The van der Waals surface area contributed by atoms with Crippen LogP contribution in [0.3, 0.4) is 0 Å². The number of piperidine rings is 1. The van der Waals surface area contributed by atoms with Crippen molar-refractivity contribution >= 4 is 38.6 Å². The second-order valence-corrected chi connectivity index (χ2v) is 6.48. The Morgan fingerprint density at radius 3 is 2.80 bits per heavy atom. The fourth-order valence-electron chi connectivity index (χ4n) is 2.62. The molecule has 102 valence electrons. The number of para-hydroxylation sites is 1. The van der Waals surface area contributed by atoms with E-state index in [1.165, 1.54) is 0 Å². The zero-order valence-corrected chi connectivity index (χ0v) is 13.2. The molecular weight excluding hydrogens is 336 g/mol. The van der Waals surface area contributed by atoms with Crippen molar-refractivity contribution in [3.05, 3.63) is 44.6 Å². The van der Waals surface area contributed by atoms with Gasteiger partial charge in [-0.25, -0.2) is 4.85 Å². The maximum Gasteiger partial charge on any atom is 0.210 e. The first-order chi connectivity index (χ1) is 9.79. The lowest BCUT2D eigenvalue weighted by Crippen LogP contribution is -2.33. The Labute approximate surface area is 130 Å². The van der Waals surface area contributed by atoms with Gasteiger partial charge >= 0.3 is 0 Å². The van der Waals surface area contributed by atoms with Gasteiger partial charge in [0.1, 0.15) is 10.5 Å². The molecule has 0 atom stereocenters. The molecule has 0 radical (unpaired) electrons. The van der Waals surface area contributed by atoms with E-state index >= 15 is 0 Å². The summed E-state index contributed by atoms with van der Waals surface area (Å²) in [6.45, 7) is 9.22. The van der Waals surface area contributed by atoms with E-state index in [4.69, 9.17) is 6.57 Å². The average Bonchev–Trinajstić information content (AvgIpc) is 3.01. The molecule has 1 saturated heterocycles. The van der Waals surface area contributed by atoms with Gasteiger partial charge in [-0.15, -0.1) is 21.5 Å². The highest BCUT2D eigenvalue weighted by Crippen LogP contribution is 2.39. The highest BCUT2D eigenvalue weighted by atomic mass is 79.9. The Morgan fingerprint density at radius 1 is 1.35 bits per heavy atom. The van der Waals surface area contributed by atoms with Crippen LogP contribution in [0, 0.1) is 6.57 Å². The summed E-state index contributed by atoms with van der Waals surface area (Å²) in [5.74, 6) is 0.512. The normalized spacial score (nSPS) is 16.1. The third kappa shape index (κ3) is 2.56. The van der Waals surface area contributed by atoms with E-state index in [2.05, 4.69) is 35.9 Å². The molecule has 0 saturated carbocycles. The van der Waals surface area contributed by atoms with Crippen LogP contribution in [0.2, 0.25) is 0 Å². The van der Waals surface area contributed by atoms with Gasteiger partial charge in [-0.2, -0.15) is 0 Å². The van der Waals surface area contributed by atoms with E-state index in [-0.39, 0.29) is 0 Å². The van der Waals surface area contributed by atoms with Gasteiger partial charge < -0.3 is 4.90 Å². The number of rotatable bonds is 2. The fraction of sp³-hybridized carbons (Fsp3) is 0.357. The second kappa shape index (κ2) is 5.90. The minimum absolute atomic E-state index is 0.512. The highest BCUT2D eigenvalue weighted by molar-refractivity contribution is 9.10. The van der Waals surface area contributed by atoms with Crippen LogP contribution >= 0.6 is 27.3 Å². The van der Waals surface area contributed by atoms with E-state index in [1.54, 1.807) is 16.8 Å². The first-order valence-corrected chi connectivity index (χ1v) is 8.14. The van der Waals surface area contributed by atoms with Crippen LogP contribution in [0.5, 0.6) is 0 Å². The SMILES string of the molecule is [C-]#[N+]c1cccc(Br)c1N1CCC(c2nncs2)CC1. The molecule has 4 nitrogen and oxygen atoms in total. The lowest BCUT2D eigenvalue weighted by molar-refractivity contribution is 0.501. The molecule has 0 bridgehead atoms. The van der Waals surface area contributed by atoms with Crippen LogP contribution in [-0.4, -0.2) is 23.3 Å². The summed E-state index contributed by atoms with van der Waals surface area (Å²) in [6.07, 6.45) is 2.13. The Balaban J connectivity index is 1.77. The van der Waals surface area contributed by atoms with Crippen molar-refractivity contribution in [2.45, 2.75) is 18.8 Å². The van der Waals surface area contributed by atoms with Gasteiger partial charge in [0.25, 0.3) is 0 Å². The first kappa shape index (κ1) is 13.5. The number of benzene rings is 1. The highest BCUT2D eigenvalue weighted by Gasteiger charge is 2.25. The summed E-state index contributed by atoms with van der Waals surface area (Å²) in [4.78, 5) is 5.93. The standard InChI is InChI=1S/C14H13BrN4S/c1-16-12-4-2-3-11(15)13(12)19-7-5-10(6-8-19)14-18-17-9-20-14/h2-4,9-10H,5-8H2. The maximum atomic E-state index is 7.31. The van der Waals surface area contributed by atoms with Crippen LogP contribution in [0.1, 0.15) is 23.8 Å². The lowest BCUT2D eigenvalue weighted by atomic mass is 9.97. The van der Waals surface area contributed by atoms with E-state index in [0.29, 0.717) is 11.6 Å². The molecule has 2 heterocycles. The second-order valence-electron chi connectivity index (χ2n) is 4.76. The minimum Gasteiger partial charge on any atom is -0.379 e. The van der Waals surface area contributed by atoms with Gasteiger partial charge in [0, 0.05) is 23.5 Å². The smallest absolute Gasteiger partial charge is 0.210 e. The van der Waals surface area contributed by atoms with E-state index in [0.717, 1.165) is 41.1 Å². The number of anilines is 1. The van der Waals surface area contributed by atoms with Crippen LogP contribution in [-0.2, 0) is 0 Å². The molecule has 6 heteroatoms. The molecule has 0 amide bonds. The fourth-order valence-corrected chi connectivity index (χ4v) is 3.95. The van der Waals surface area contributed by atoms with Crippen molar-refractivity contribution in [2.75, 3.05) is 18.0 Å². The molecule has 0 N–H and O–H groups in total. The van der Waals surface area contributed by atoms with E-state index in [9.17, 15) is 0 Å². The maximum absolute atomic E-state index is 7.31. The summed E-state index contributed by atoms with van der Waals surface area (Å²) in [6, 6.07) is 5.79. The topological polar surface area (TPSA) is 33.4 Å². The third-order valence-electron chi connectivity index (χ3n) is 3.62. The lowest BCUT2D eigenvalue weighted by Gasteiger charge is -2.34. The van der Waals surface area contributed by atoms with Crippen molar-refractivity contribution in [3.8, 4) is 0 Å². The number of halogens is 1. The zero-order chi connectivity index (χ0) is 13.9. The van der Waals surface area contributed by atoms with E-state index in [1.807, 2.05) is 18.2 Å². The number of nitrogens with zero attached hydrogens (tertiary/aromatic N) is 4. The minimum atomic E-state index is 0.512.